The lowest BCUT2D eigenvalue weighted by atomic mass is 9.99. The third-order valence-electron chi connectivity index (χ3n) is 5.36. The number of pyridine rings is 1. The van der Waals surface area contributed by atoms with Gasteiger partial charge in [-0.15, -0.1) is 0 Å². The minimum absolute atomic E-state index is 0.112. The normalized spacial score (nSPS) is 17.2. The largest absolute Gasteiger partial charge is 0.459 e. The van der Waals surface area contributed by atoms with Crippen LogP contribution in [0.15, 0.2) is 18.3 Å². The molecule has 0 amide bonds. The number of aryl methyl sites for hydroxylation is 1. The molecule has 0 radical (unpaired) electrons. The van der Waals surface area contributed by atoms with E-state index in [1.165, 1.54) is 30.5 Å². The Morgan fingerprint density at radius 1 is 1.12 bits per heavy atom. The minimum Gasteiger partial charge on any atom is -0.459 e. The Bertz CT molecular complexity index is 770. The summed E-state index contributed by atoms with van der Waals surface area (Å²) in [6.07, 6.45) is 5.85. The monoisotopic (exact) mass is 342 g/mol. The molecule has 1 atom stereocenters. The molecule has 4 heteroatoms. The van der Waals surface area contributed by atoms with Crippen molar-refractivity contribution < 1.29 is 9.53 Å². The molecular formula is C21H30N2O2. The van der Waals surface area contributed by atoms with Gasteiger partial charge < -0.3 is 9.14 Å². The molecule has 25 heavy (non-hydrogen) atoms. The number of rotatable bonds is 4. The van der Waals surface area contributed by atoms with Crippen molar-refractivity contribution in [1.29, 1.82) is 0 Å². The summed E-state index contributed by atoms with van der Waals surface area (Å²) in [5.74, 6) is -0.220. The van der Waals surface area contributed by atoms with Crippen molar-refractivity contribution in [3.8, 4) is 0 Å². The third kappa shape index (κ3) is 3.45. The van der Waals surface area contributed by atoms with Gasteiger partial charge in [-0.05, 0) is 83.8 Å². The molecule has 3 rings (SSSR count). The number of hydrogen-bond donors (Lipinski definition) is 0. The Balaban J connectivity index is 2.11. The van der Waals surface area contributed by atoms with Crippen LogP contribution in [0, 0.1) is 13.8 Å². The first-order valence-electron chi connectivity index (χ1n) is 9.46. The molecule has 0 aliphatic carbocycles. The number of carbonyl (C=O) groups is 1. The van der Waals surface area contributed by atoms with Gasteiger partial charge in [-0.2, -0.15) is 0 Å². The molecule has 136 valence electrons. The average Bonchev–Trinajstić information content (AvgIpc) is 2.94. The number of ether oxygens (including phenoxy) is 1. The van der Waals surface area contributed by atoms with E-state index in [4.69, 9.17) is 4.74 Å². The molecule has 0 aromatic carbocycles. The van der Waals surface area contributed by atoms with Crippen molar-refractivity contribution in [2.45, 2.75) is 66.0 Å². The van der Waals surface area contributed by atoms with Crippen LogP contribution in [0.2, 0.25) is 0 Å². The average molecular weight is 342 g/mol. The van der Waals surface area contributed by atoms with Gasteiger partial charge in [0.05, 0.1) is 11.7 Å². The predicted octanol–water partition coefficient (Wildman–Crippen LogP) is 4.67. The number of aromatic nitrogens is 1. The van der Waals surface area contributed by atoms with Gasteiger partial charge in [-0.3, -0.25) is 4.90 Å². The van der Waals surface area contributed by atoms with Crippen LogP contribution in [-0.4, -0.2) is 34.5 Å². The number of nitrogens with zero attached hydrogens (tertiary/aromatic N) is 2. The molecule has 3 heterocycles. The van der Waals surface area contributed by atoms with E-state index in [1.54, 1.807) is 0 Å². The molecule has 2 aromatic rings. The maximum absolute atomic E-state index is 12.7. The van der Waals surface area contributed by atoms with Gasteiger partial charge in [-0.1, -0.05) is 6.42 Å². The zero-order valence-electron chi connectivity index (χ0n) is 16.1. The predicted molar refractivity (Wildman–Crippen MR) is 101 cm³/mol. The van der Waals surface area contributed by atoms with Crippen molar-refractivity contribution in [3.63, 3.8) is 0 Å². The van der Waals surface area contributed by atoms with Crippen LogP contribution in [-0.2, 0) is 4.74 Å². The fourth-order valence-corrected chi connectivity index (χ4v) is 3.98. The molecule has 1 aliphatic rings. The van der Waals surface area contributed by atoms with E-state index in [-0.39, 0.29) is 18.1 Å². The number of esters is 1. The first-order valence-corrected chi connectivity index (χ1v) is 9.46. The van der Waals surface area contributed by atoms with Crippen molar-refractivity contribution in [1.82, 2.24) is 9.30 Å². The van der Waals surface area contributed by atoms with Crippen LogP contribution in [0.25, 0.3) is 5.52 Å². The molecular weight excluding hydrogens is 312 g/mol. The second-order valence-corrected chi connectivity index (χ2v) is 7.55. The van der Waals surface area contributed by atoms with E-state index in [2.05, 4.69) is 42.3 Å². The first-order chi connectivity index (χ1) is 11.9. The van der Waals surface area contributed by atoms with Gasteiger partial charge in [0.2, 0.25) is 0 Å². The van der Waals surface area contributed by atoms with Gasteiger partial charge >= 0.3 is 5.97 Å². The van der Waals surface area contributed by atoms with E-state index in [0.29, 0.717) is 5.56 Å². The van der Waals surface area contributed by atoms with Gasteiger partial charge in [0.15, 0.2) is 0 Å². The highest BCUT2D eigenvalue weighted by Crippen LogP contribution is 2.31. The molecule has 1 unspecified atom stereocenters. The smallest absolute Gasteiger partial charge is 0.338 e. The summed E-state index contributed by atoms with van der Waals surface area (Å²) >= 11 is 0. The highest BCUT2D eigenvalue weighted by molar-refractivity contribution is 5.93. The summed E-state index contributed by atoms with van der Waals surface area (Å²) in [5, 5.41) is 0. The van der Waals surface area contributed by atoms with E-state index < -0.39 is 0 Å². The molecule has 0 spiro atoms. The molecule has 1 saturated heterocycles. The number of fused-ring (bicyclic) bond motifs is 1. The fourth-order valence-electron chi connectivity index (χ4n) is 3.98. The quantitative estimate of drug-likeness (QED) is 0.757. The molecule has 1 aliphatic heterocycles. The molecule has 0 N–H and O–H groups in total. The number of carbonyl (C=O) groups excluding carboxylic acids is 1. The van der Waals surface area contributed by atoms with Crippen LogP contribution < -0.4 is 0 Å². The lowest BCUT2D eigenvalue weighted by molar-refractivity contribution is 0.0376. The van der Waals surface area contributed by atoms with Crippen molar-refractivity contribution in [3.05, 3.63) is 40.7 Å². The van der Waals surface area contributed by atoms with E-state index in [0.717, 1.165) is 24.2 Å². The third-order valence-corrected chi connectivity index (χ3v) is 5.36. The SMILES string of the molecule is Cc1c(C(=O)OC(C)C)cc2c(C)ccn2c1C(C)N1CCCCC1. The molecule has 1 fully saturated rings. The number of likely N-dealkylation sites (tertiary alicyclic amines) is 1. The van der Waals surface area contributed by atoms with Gasteiger partial charge in [-0.25, -0.2) is 4.79 Å². The first kappa shape index (κ1) is 18.0. The second-order valence-electron chi connectivity index (χ2n) is 7.55. The van der Waals surface area contributed by atoms with Crippen molar-refractivity contribution in [2.24, 2.45) is 0 Å². The summed E-state index contributed by atoms with van der Waals surface area (Å²) in [4.78, 5) is 15.2. The van der Waals surface area contributed by atoms with Gasteiger partial charge in [0.1, 0.15) is 0 Å². The Morgan fingerprint density at radius 2 is 1.80 bits per heavy atom. The maximum Gasteiger partial charge on any atom is 0.338 e. The molecule has 2 aromatic heterocycles. The lowest BCUT2D eigenvalue weighted by Gasteiger charge is -2.34. The van der Waals surface area contributed by atoms with Crippen LogP contribution >= 0.6 is 0 Å². The van der Waals surface area contributed by atoms with Crippen molar-refractivity contribution >= 4 is 11.5 Å². The Morgan fingerprint density at radius 3 is 2.44 bits per heavy atom. The highest BCUT2D eigenvalue weighted by atomic mass is 16.5. The summed E-state index contributed by atoms with van der Waals surface area (Å²) in [7, 11) is 0. The topological polar surface area (TPSA) is 34.0 Å². The van der Waals surface area contributed by atoms with Crippen LogP contribution in [0.4, 0.5) is 0 Å². The standard InChI is InChI=1S/C21H30N2O2/c1-14(2)25-21(24)18-13-19-15(3)9-12-23(19)20(16(18)4)17(5)22-10-7-6-8-11-22/h9,12-14,17H,6-8,10-11H2,1-5H3. The van der Waals surface area contributed by atoms with Gasteiger partial charge in [0.25, 0.3) is 0 Å². The maximum atomic E-state index is 12.7. The van der Waals surface area contributed by atoms with E-state index in [9.17, 15) is 4.79 Å². The lowest BCUT2D eigenvalue weighted by Crippen LogP contribution is -2.34. The van der Waals surface area contributed by atoms with Crippen LogP contribution in [0.5, 0.6) is 0 Å². The van der Waals surface area contributed by atoms with Crippen LogP contribution in [0.3, 0.4) is 0 Å². The Kier molecular flexibility index (Phi) is 5.19. The molecule has 0 bridgehead atoms. The minimum atomic E-state index is -0.220. The molecule has 4 nitrogen and oxygen atoms in total. The Hall–Kier alpha value is -1.81. The zero-order chi connectivity index (χ0) is 18.1. The summed E-state index contributed by atoms with van der Waals surface area (Å²) in [5.41, 5.74) is 5.22. The summed E-state index contributed by atoms with van der Waals surface area (Å²) < 4.78 is 7.76. The van der Waals surface area contributed by atoms with E-state index in [1.807, 2.05) is 19.9 Å². The number of hydrogen-bond acceptors (Lipinski definition) is 3. The zero-order valence-corrected chi connectivity index (χ0v) is 16.1. The highest BCUT2D eigenvalue weighted by Gasteiger charge is 2.25. The van der Waals surface area contributed by atoms with Crippen molar-refractivity contribution in [2.75, 3.05) is 13.1 Å². The summed E-state index contributed by atoms with van der Waals surface area (Å²) in [6.45, 7) is 12.5. The van der Waals surface area contributed by atoms with Crippen LogP contribution in [0.1, 0.15) is 73.3 Å². The second kappa shape index (κ2) is 7.20. The van der Waals surface area contributed by atoms with Gasteiger partial charge in [0, 0.05) is 23.4 Å². The molecule has 0 saturated carbocycles. The Labute approximate surface area is 150 Å². The number of piperidine rings is 1. The summed E-state index contributed by atoms with van der Waals surface area (Å²) in [6, 6.07) is 4.39. The van der Waals surface area contributed by atoms with E-state index >= 15 is 0 Å². The fraction of sp³-hybridized carbons (Fsp3) is 0.571.